The first-order valence-corrected chi connectivity index (χ1v) is 7.90. The second kappa shape index (κ2) is 8.01. The normalized spacial score (nSPS) is 18.2. The molecule has 1 aliphatic rings. The van der Waals surface area contributed by atoms with E-state index in [4.69, 9.17) is 14.2 Å². The largest absolute Gasteiger partial charge is 0.493 e. The van der Waals surface area contributed by atoms with Crippen molar-refractivity contribution in [2.75, 3.05) is 47.5 Å². The molecule has 7 heteroatoms. The molecule has 2 rings (SSSR count). The molecule has 132 valence electrons. The van der Waals surface area contributed by atoms with Gasteiger partial charge in [-0.3, -0.25) is 9.69 Å². The van der Waals surface area contributed by atoms with Crippen LogP contribution in [0.2, 0.25) is 0 Å². The van der Waals surface area contributed by atoms with Crippen molar-refractivity contribution in [1.82, 2.24) is 9.80 Å². The highest BCUT2D eigenvalue weighted by Crippen LogP contribution is 2.33. The lowest BCUT2D eigenvalue weighted by Gasteiger charge is -2.39. The summed E-state index contributed by atoms with van der Waals surface area (Å²) in [5.74, 6) is -0.0973. The highest BCUT2D eigenvalue weighted by atomic mass is 16.5. The molecule has 0 aromatic heterocycles. The van der Waals surface area contributed by atoms with Crippen LogP contribution in [0.5, 0.6) is 11.5 Å². The van der Waals surface area contributed by atoms with Crippen LogP contribution in [0.4, 0.5) is 0 Å². The zero-order valence-corrected chi connectivity index (χ0v) is 14.6. The molecular weight excluding hydrogens is 312 g/mol. The molecule has 0 radical (unpaired) electrons. The summed E-state index contributed by atoms with van der Waals surface area (Å²) in [6.45, 7) is 3.46. The van der Waals surface area contributed by atoms with E-state index in [2.05, 4.69) is 4.90 Å². The van der Waals surface area contributed by atoms with E-state index in [0.29, 0.717) is 31.1 Å². The van der Waals surface area contributed by atoms with Crippen LogP contribution in [-0.2, 0) is 14.3 Å². The minimum Gasteiger partial charge on any atom is -0.493 e. The third-order valence-electron chi connectivity index (χ3n) is 4.18. The van der Waals surface area contributed by atoms with Crippen molar-refractivity contribution >= 4 is 11.9 Å². The standard InChI is InChI=1S/C17H24N2O5/c1-5-24-17(21)16(20)19-9-8-18(2)13(11-19)12-6-7-14(22-3)15(10-12)23-4/h6-7,10,13H,5,8-9,11H2,1-4H3. The van der Waals surface area contributed by atoms with Gasteiger partial charge in [-0.05, 0) is 31.7 Å². The predicted molar refractivity (Wildman–Crippen MR) is 88.1 cm³/mol. The van der Waals surface area contributed by atoms with Crippen molar-refractivity contribution in [2.24, 2.45) is 0 Å². The molecule has 1 aromatic carbocycles. The molecular formula is C17H24N2O5. The molecule has 0 bridgehead atoms. The van der Waals surface area contributed by atoms with Gasteiger partial charge in [0.1, 0.15) is 0 Å². The molecule has 1 fully saturated rings. The maximum absolute atomic E-state index is 12.2. The van der Waals surface area contributed by atoms with Crippen molar-refractivity contribution in [2.45, 2.75) is 13.0 Å². The maximum Gasteiger partial charge on any atom is 0.397 e. The number of piperazine rings is 1. The fourth-order valence-corrected chi connectivity index (χ4v) is 2.80. The van der Waals surface area contributed by atoms with Gasteiger partial charge in [0.05, 0.1) is 26.9 Å². The predicted octanol–water partition coefficient (Wildman–Crippen LogP) is 1.08. The van der Waals surface area contributed by atoms with Gasteiger partial charge in [-0.15, -0.1) is 0 Å². The fraction of sp³-hybridized carbons (Fsp3) is 0.529. The molecule has 1 saturated heterocycles. The Morgan fingerprint density at radius 3 is 2.50 bits per heavy atom. The molecule has 7 nitrogen and oxygen atoms in total. The summed E-state index contributed by atoms with van der Waals surface area (Å²) in [5, 5.41) is 0. The van der Waals surface area contributed by atoms with E-state index in [-0.39, 0.29) is 12.6 Å². The molecule has 1 unspecified atom stereocenters. The van der Waals surface area contributed by atoms with E-state index in [1.54, 1.807) is 26.0 Å². The number of esters is 1. The van der Waals surface area contributed by atoms with Gasteiger partial charge >= 0.3 is 11.9 Å². The molecule has 1 atom stereocenters. The monoisotopic (exact) mass is 336 g/mol. The van der Waals surface area contributed by atoms with Crippen molar-refractivity contribution < 1.29 is 23.8 Å². The summed E-state index contributed by atoms with van der Waals surface area (Å²) < 4.78 is 15.4. The van der Waals surface area contributed by atoms with E-state index in [0.717, 1.165) is 5.56 Å². The molecule has 1 aliphatic heterocycles. The summed E-state index contributed by atoms with van der Waals surface area (Å²) in [5.41, 5.74) is 0.997. The Balaban J connectivity index is 2.19. The average Bonchev–Trinajstić information content (AvgIpc) is 2.61. The van der Waals surface area contributed by atoms with Crippen LogP contribution in [0.1, 0.15) is 18.5 Å². The lowest BCUT2D eigenvalue weighted by atomic mass is 10.0. The van der Waals surface area contributed by atoms with E-state index in [9.17, 15) is 9.59 Å². The number of rotatable bonds is 4. The first kappa shape index (κ1) is 18.1. The summed E-state index contributed by atoms with van der Waals surface area (Å²) in [4.78, 5) is 27.6. The minimum atomic E-state index is -0.798. The first-order chi connectivity index (χ1) is 11.5. The average molecular weight is 336 g/mol. The fourth-order valence-electron chi connectivity index (χ4n) is 2.80. The maximum atomic E-state index is 12.2. The number of carbonyl (C=O) groups excluding carboxylic acids is 2. The number of hydrogen-bond donors (Lipinski definition) is 0. The number of amides is 1. The molecule has 1 aromatic rings. The number of likely N-dealkylation sites (N-methyl/N-ethyl adjacent to an activating group) is 1. The topological polar surface area (TPSA) is 68.3 Å². The van der Waals surface area contributed by atoms with Crippen LogP contribution >= 0.6 is 0 Å². The zero-order valence-electron chi connectivity index (χ0n) is 14.6. The van der Waals surface area contributed by atoms with Gasteiger partial charge in [-0.2, -0.15) is 0 Å². The number of methoxy groups -OCH3 is 2. The SMILES string of the molecule is CCOC(=O)C(=O)N1CCN(C)C(c2ccc(OC)c(OC)c2)C1. The van der Waals surface area contributed by atoms with Gasteiger partial charge in [0, 0.05) is 19.6 Å². The summed E-state index contributed by atoms with van der Waals surface area (Å²) in [6.07, 6.45) is 0. The van der Waals surface area contributed by atoms with Crippen molar-refractivity contribution in [1.29, 1.82) is 0 Å². The quantitative estimate of drug-likeness (QED) is 0.605. The zero-order chi connectivity index (χ0) is 17.7. The number of hydrogen-bond acceptors (Lipinski definition) is 6. The van der Waals surface area contributed by atoms with Gasteiger partial charge in [0.2, 0.25) is 0 Å². The van der Waals surface area contributed by atoms with E-state index in [1.807, 2.05) is 25.2 Å². The molecule has 0 spiro atoms. The van der Waals surface area contributed by atoms with Crippen LogP contribution in [0.25, 0.3) is 0 Å². The van der Waals surface area contributed by atoms with Crippen LogP contribution < -0.4 is 9.47 Å². The third kappa shape index (κ3) is 3.79. The second-order valence-electron chi connectivity index (χ2n) is 5.58. The van der Waals surface area contributed by atoms with E-state index < -0.39 is 11.9 Å². The molecule has 0 saturated carbocycles. The van der Waals surface area contributed by atoms with Crippen LogP contribution in [0, 0.1) is 0 Å². The molecule has 0 aliphatic carbocycles. The molecule has 24 heavy (non-hydrogen) atoms. The molecule has 1 amide bonds. The van der Waals surface area contributed by atoms with Crippen molar-refractivity contribution in [3.05, 3.63) is 23.8 Å². The minimum absolute atomic E-state index is 0.0306. The third-order valence-corrected chi connectivity index (χ3v) is 4.18. The van der Waals surface area contributed by atoms with Gasteiger partial charge in [0.15, 0.2) is 11.5 Å². The lowest BCUT2D eigenvalue weighted by Crippen LogP contribution is -2.51. The van der Waals surface area contributed by atoms with Crippen LogP contribution in [0.3, 0.4) is 0 Å². The Morgan fingerprint density at radius 1 is 1.17 bits per heavy atom. The van der Waals surface area contributed by atoms with Crippen molar-refractivity contribution in [3.63, 3.8) is 0 Å². The van der Waals surface area contributed by atoms with Gasteiger partial charge in [-0.1, -0.05) is 6.07 Å². The Kier molecular flexibility index (Phi) is 6.03. The van der Waals surface area contributed by atoms with Gasteiger partial charge in [0.25, 0.3) is 0 Å². The molecule has 1 heterocycles. The highest BCUT2D eigenvalue weighted by molar-refractivity contribution is 6.32. The Bertz CT molecular complexity index is 605. The van der Waals surface area contributed by atoms with E-state index in [1.165, 1.54) is 0 Å². The second-order valence-corrected chi connectivity index (χ2v) is 5.58. The lowest BCUT2D eigenvalue weighted by molar-refractivity contribution is -0.161. The summed E-state index contributed by atoms with van der Waals surface area (Å²) >= 11 is 0. The number of carbonyl (C=O) groups is 2. The Labute approximate surface area is 142 Å². The van der Waals surface area contributed by atoms with Crippen LogP contribution in [0.15, 0.2) is 18.2 Å². The van der Waals surface area contributed by atoms with Crippen LogP contribution in [-0.4, -0.2) is 69.2 Å². The Morgan fingerprint density at radius 2 is 1.88 bits per heavy atom. The molecule has 0 N–H and O–H groups in total. The summed E-state index contributed by atoms with van der Waals surface area (Å²) in [6, 6.07) is 5.66. The number of benzene rings is 1. The van der Waals surface area contributed by atoms with Gasteiger partial charge < -0.3 is 19.1 Å². The highest BCUT2D eigenvalue weighted by Gasteiger charge is 2.32. The van der Waals surface area contributed by atoms with Gasteiger partial charge in [-0.25, -0.2) is 4.79 Å². The smallest absolute Gasteiger partial charge is 0.397 e. The Hall–Kier alpha value is -2.28. The first-order valence-electron chi connectivity index (χ1n) is 7.90. The number of nitrogens with zero attached hydrogens (tertiary/aromatic N) is 2. The number of ether oxygens (including phenoxy) is 3. The van der Waals surface area contributed by atoms with E-state index >= 15 is 0 Å². The summed E-state index contributed by atoms with van der Waals surface area (Å²) in [7, 11) is 5.17. The van der Waals surface area contributed by atoms with Crippen molar-refractivity contribution in [3.8, 4) is 11.5 Å².